The van der Waals surface area contributed by atoms with Gasteiger partial charge in [0.1, 0.15) is 0 Å². The van der Waals surface area contributed by atoms with Gasteiger partial charge in [0.05, 0.1) is 6.04 Å². The van der Waals surface area contributed by atoms with Crippen molar-refractivity contribution in [3.63, 3.8) is 0 Å². The molecule has 0 aromatic carbocycles. The fourth-order valence-corrected chi connectivity index (χ4v) is 3.70. The number of alkyl halides is 3. The first kappa shape index (κ1) is 18.7. The molecule has 0 radical (unpaired) electrons. The second kappa shape index (κ2) is 7.65. The normalized spacial score (nSPS) is 20.5. The van der Waals surface area contributed by atoms with Crippen molar-refractivity contribution in [2.24, 2.45) is 5.92 Å². The van der Waals surface area contributed by atoms with E-state index in [4.69, 9.17) is 4.74 Å². The number of nitrogens with one attached hydrogen (secondary N) is 1. The first-order chi connectivity index (χ1) is 12.3. The highest BCUT2D eigenvalue weighted by Gasteiger charge is 2.40. The van der Waals surface area contributed by atoms with E-state index in [0.29, 0.717) is 18.3 Å². The van der Waals surface area contributed by atoms with Gasteiger partial charge in [0.25, 0.3) is 0 Å². The Bertz CT molecular complexity index is 748. The highest BCUT2D eigenvalue weighted by atomic mass is 32.1. The number of nitrogens with zero attached hydrogens (tertiary/aromatic N) is 1. The van der Waals surface area contributed by atoms with Crippen LogP contribution in [-0.2, 0) is 4.79 Å². The van der Waals surface area contributed by atoms with Gasteiger partial charge in [0, 0.05) is 29.1 Å². The van der Waals surface area contributed by atoms with Crippen LogP contribution in [0, 0.1) is 5.92 Å². The number of amides is 1. The van der Waals surface area contributed by atoms with Crippen LogP contribution < -0.4 is 10.1 Å². The lowest BCUT2D eigenvalue weighted by molar-refractivity contribution is -0.152. The number of aromatic nitrogens is 1. The Hall–Kier alpha value is -2.09. The molecule has 0 aliphatic heterocycles. The minimum absolute atomic E-state index is 0.0629. The molecule has 1 amide bonds. The number of thiophene rings is 1. The van der Waals surface area contributed by atoms with E-state index < -0.39 is 12.8 Å². The summed E-state index contributed by atoms with van der Waals surface area (Å²) in [6, 6.07) is 8.67. The van der Waals surface area contributed by atoms with Crippen LogP contribution in [0.5, 0.6) is 5.06 Å². The maximum atomic E-state index is 12.2. The molecule has 4 nitrogen and oxygen atoms in total. The summed E-state index contributed by atoms with van der Waals surface area (Å²) in [7, 11) is 0. The van der Waals surface area contributed by atoms with Gasteiger partial charge in [-0.3, -0.25) is 9.78 Å². The predicted octanol–water partition coefficient (Wildman–Crippen LogP) is 4.46. The molecule has 1 aliphatic rings. The van der Waals surface area contributed by atoms with E-state index in [1.807, 2.05) is 18.2 Å². The molecule has 1 aliphatic carbocycles. The van der Waals surface area contributed by atoms with Gasteiger partial charge >= 0.3 is 6.18 Å². The van der Waals surface area contributed by atoms with Gasteiger partial charge in [-0.05, 0) is 43.5 Å². The first-order valence-corrected chi connectivity index (χ1v) is 9.13. The van der Waals surface area contributed by atoms with Crippen molar-refractivity contribution in [2.45, 2.75) is 37.9 Å². The summed E-state index contributed by atoms with van der Waals surface area (Å²) < 4.78 is 41.3. The van der Waals surface area contributed by atoms with Crippen LogP contribution >= 0.6 is 11.3 Å². The van der Waals surface area contributed by atoms with E-state index in [2.05, 4.69) is 10.3 Å². The van der Waals surface area contributed by atoms with E-state index in [9.17, 15) is 18.0 Å². The summed E-state index contributed by atoms with van der Waals surface area (Å²) in [6.07, 6.45) is -1.23. The summed E-state index contributed by atoms with van der Waals surface area (Å²) >= 11 is 1.11. The van der Waals surface area contributed by atoms with E-state index in [1.54, 1.807) is 19.2 Å². The molecular formula is C18H19F3N2O2S. The highest BCUT2D eigenvalue weighted by Crippen LogP contribution is 2.48. The Balaban J connectivity index is 1.45. The number of pyridine rings is 1. The zero-order chi connectivity index (χ0) is 18.7. The van der Waals surface area contributed by atoms with Gasteiger partial charge < -0.3 is 10.1 Å². The summed E-state index contributed by atoms with van der Waals surface area (Å²) in [5, 5.41) is 3.09. The van der Waals surface area contributed by atoms with Gasteiger partial charge in [0.2, 0.25) is 5.91 Å². The van der Waals surface area contributed by atoms with Crippen molar-refractivity contribution < 1.29 is 22.7 Å². The fraction of sp³-hybridized carbons (Fsp3) is 0.444. The second-order valence-corrected chi connectivity index (χ2v) is 7.49. The number of carbonyl (C=O) groups is 1. The van der Waals surface area contributed by atoms with Crippen LogP contribution in [-0.4, -0.2) is 23.7 Å². The summed E-state index contributed by atoms with van der Waals surface area (Å²) in [6.45, 7) is 0.491. The number of hydrogen-bond donors (Lipinski definition) is 1. The third-order valence-electron chi connectivity index (χ3n) is 4.22. The summed E-state index contributed by atoms with van der Waals surface area (Å²) in [5.74, 6) is 0.569. The molecular weight excluding hydrogens is 365 g/mol. The fourth-order valence-electron chi connectivity index (χ4n) is 2.84. The van der Waals surface area contributed by atoms with Crippen LogP contribution in [0.2, 0.25) is 0 Å². The molecule has 1 saturated carbocycles. The molecule has 0 saturated heterocycles. The molecule has 3 rings (SSSR count). The average molecular weight is 384 g/mol. The van der Waals surface area contributed by atoms with Crippen LogP contribution in [0.3, 0.4) is 0 Å². The molecule has 1 fully saturated rings. The lowest BCUT2D eigenvalue weighted by Crippen LogP contribution is -2.26. The van der Waals surface area contributed by atoms with Crippen LogP contribution in [0.4, 0.5) is 13.2 Å². The number of rotatable bonds is 7. The van der Waals surface area contributed by atoms with Crippen molar-refractivity contribution >= 4 is 17.2 Å². The Morgan fingerprint density at radius 1 is 1.38 bits per heavy atom. The van der Waals surface area contributed by atoms with Gasteiger partial charge in [-0.2, -0.15) is 13.2 Å². The lowest BCUT2D eigenvalue weighted by atomic mass is 10.1. The zero-order valence-corrected chi connectivity index (χ0v) is 14.9. The van der Waals surface area contributed by atoms with Crippen LogP contribution in [0.1, 0.15) is 42.3 Å². The van der Waals surface area contributed by atoms with Crippen molar-refractivity contribution in [1.82, 2.24) is 10.3 Å². The molecule has 2 aromatic rings. The Labute approximate surface area is 153 Å². The number of ether oxygens (including phenoxy) is 1. The number of halogens is 3. The third kappa shape index (κ3) is 5.20. The standard InChI is InChI=1S/C18H19F3N2O2S/c1-11(15-5-6-17(26-15)25-10-18(19,20)21)23-16(24)9-12-8-13(12)14-4-2-3-7-22-14/h2-7,11-13H,8-10H2,1H3,(H,23,24)/t11-,12-,13-/m1/s1. The molecule has 2 aromatic heterocycles. The van der Waals surface area contributed by atoms with Gasteiger partial charge in [0.15, 0.2) is 11.7 Å². The molecule has 26 heavy (non-hydrogen) atoms. The van der Waals surface area contributed by atoms with Gasteiger partial charge in [-0.25, -0.2) is 0 Å². The van der Waals surface area contributed by atoms with E-state index in [1.165, 1.54) is 6.07 Å². The monoisotopic (exact) mass is 384 g/mol. The molecule has 2 heterocycles. The maximum absolute atomic E-state index is 12.2. The Kier molecular flexibility index (Phi) is 5.50. The van der Waals surface area contributed by atoms with Crippen molar-refractivity contribution in [2.75, 3.05) is 6.61 Å². The van der Waals surface area contributed by atoms with Crippen LogP contribution in [0.15, 0.2) is 36.5 Å². The van der Waals surface area contributed by atoms with Gasteiger partial charge in [-0.15, -0.1) is 11.3 Å². The molecule has 140 valence electrons. The largest absolute Gasteiger partial charge is 0.475 e. The molecule has 0 bridgehead atoms. The third-order valence-corrected chi connectivity index (χ3v) is 5.40. The second-order valence-electron chi connectivity index (χ2n) is 6.41. The summed E-state index contributed by atoms with van der Waals surface area (Å²) in [4.78, 5) is 17.3. The average Bonchev–Trinajstić information content (AvgIpc) is 3.17. The maximum Gasteiger partial charge on any atom is 0.422 e. The quantitative estimate of drug-likeness (QED) is 0.767. The molecule has 1 N–H and O–H groups in total. The lowest BCUT2D eigenvalue weighted by Gasteiger charge is -2.12. The minimum atomic E-state index is -4.36. The number of carbonyl (C=O) groups excluding carboxylic acids is 1. The molecule has 8 heteroatoms. The Morgan fingerprint density at radius 2 is 2.19 bits per heavy atom. The van der Waals surface area contributed by atoms with Crippen molar-refractivity contribution in [3.8, 4) is 5.06 Å². The minimum Gasteiger partial charge on any atom is -0.475 e. The molecule has 0 spiro atoms. The SMILES string of the molecule is C[C@@H](NC(=O)C[C@H]1C[C@H]1c1ccccn1)c1ccc(OCC(F)(F)F)s1. The molecule has 0 unspecified atom stereocenters. The van der Waals surface area contributed by atoms with Crippen molar-refractivity contribution in [1.29, 1.82) is 0 Å². The number of hydrogen-bond acceptors (Lipinski definition) is 4. The zero-order valence-electron chi connectivity index (χ0n) is 14.1. The highest BCUT2D eigenvalue weighted by molar-refractivity contribution is 7.13. The van der Waals surface area contributed by atoms with Crippen LogP contribution in [0.25, 0.3) is 0 Å². The smallest absolute Gasteiger partial charge is 0.422 e. The Morgan fingerprint density at radius 3 is 2.88 bits per heavy atom. The van der Waals surface area contributed by atoms with E-state index in [0.717, 1.165) is 28.3 Å². The van der Waals surface area contributed by atoms with Gasteiger partial charge in [-0.1, -0.05) is 6.07 Å². The van der Waals surface area contributed by atoms with E-state index >= 15 is 0 Å². The van der Waals surface area contributed by atoms with Crippen molar-refractivity contribution in [3.05, 3.63) is 47.1 Å². The first-order valence-electron chi connectivity index (χ1n) is 8.31. The molecule has 3 atom stereocenters. The summed E-state index contributed by atoms with van der Waals surface area (Å²) in [5.41, 5.74) is 1.02. The topological polar surface area (TPSA) is 51.2 Å². The van der Waals surface area contributed by atoms with E-state index in [-0.39, 0.29) is 17.0 Å². The predicted molar refractivity (Wildman–Crippen MR) is 92.1 cm³/mol.